The fraction of sp³-hybridized carbons (Fsp3) is 0.480. The quantitative estimate of drug-likeness (QED) is 0.572. The van der Waals surface area contributed by atoms with E-state index >= 15 is 0 Å². The van der Waals surface area contributed by atoms with Gasteiger partial charge >= 0.3 is 0 Å². The van der Waals surface area contributed by atoms with Crippen LogP contribution in [-0.2, 0) is 10.0 Å². The SMILES string of the molecule is CCN(CC)S(=O)(=O)c1ccc(N2CCCC2)c(C(=O)NCC(C)N(C)c2ccccc2)c1. The third-order valence-corrected chi connectivity index (χ3v) is 8.43. The lowest BCUT2D eigenvalue weighted by Crippen LogP contribution is -2.40. The third kappa shape index (κ3) is 5.68. The molecule has 0 aromatic heterocycles. The molecule has 1 saturated heterocycles. The monoisotopic (exact) mass is 472 g/mol. The molecule has 1 aliphatic heterocycles. The number of likely N-dealkylation sites (N-methyl/N-ethyl adjacent to an activating group) is 1. The van der Waals surface area contributed by atoms with Crippen LogP contribution in [0.15, 0.2) is 53.4 Å². The number of para-hydroxylation sites is 1. The van der Waals surface area contributed by atoms with Gasteiger partial charge in [-0.3, -0.25) is 4.79 Å². The molecule has 3 rings (SSSR count). The Morgan fingerprint density at radius 1 is 1.06 bits per heavy atom. The van der Waals surface area contributed by atoms with Crippen LogP contribution in [0.4, 0.5) is 11.4 Å². The molecule has 1 amide bonds. The molecule has 1 N–H and O–H groups in total. The van der Waals surface area contributed by atoms with Gasteiger partial charge in [-0.1, -0.05) is 32.0 Å². The highest BCUT2D eigenvalue weighted by Crippen LogP contribution is 2.28. The van der Waals surface area contributed by atoms with Crippen molar-refractivity contribution in [3.8, 4) is 0 Å². The molecule has 0 spiro atoms. The van der Waals surface area contributed by atoms with Crippen LogP contribution in [0.25, 0.3) is 0 Å². The predicted molar refractivity (Wildman–Crippen MR) is 135 cm³/mol. The Morgan fingerprint density at radius 3 is 2.30 bits per heavy atom. The van der Waals surface area contributed by atoms with Crippen molar-refractivity contribution in [3.63, 3.8) is 0 Å². The molecule has 1 aliphatic rings. The molecule has 0 aliphatic carbocycles. The molecule has 1 unspecified atom stereocenters. The largest absolute Gasteiger partial charge is 0.371 e. The smallest absolute Gasteiger partial charge is 0.253 e. The van der Waals surface area contributed by atoms with Crippen molar-refractivity contribution in [1.82, 2.24) is 9.62 Å². The van der Waals surface area contributed by atoms with Gasteiger partial charge in [-0.05, 0) is 50.1 Å². The number of amides is 1. The summed E-state index contributed by atoms with van der Waals surface area (Å²) in [5, 5.41) is 3.03. The summed E-state index contributed by atoms with van der Waals surface area (Å²) in [4.78, 5) is 17.8. The van der Waals surface area contributed by atoms with E-state index in [1.54, 1.807) is 18.2 Å². The van der Waals surface area contributed by atoms with Gasteiger partial charge in [0.15, 0.2) is 0 Å². The van der Waals surface area contributed by atoms with E-state index in [0.29, 0.717) is 25.2 Å². The van der Waals surface area contributed by atoms with E-state index in [1.165, 1.54) is 4.31 Å². The van der Waals surface area contributed by atoms with Gasteiger partial charge in [-0.2, -0.15) is 4.31 Å². The molecule has 8 heteroatoms. The Kier molecular flexibility index (Phi) is 8.37. The number of benzene rings is 2. The van der Waals surface area contributed by atoms with E-state index < -0.39 is 10.0 Å². The van der Waals surface area contributed by atoms with Gasteiger partial charge in [-0.25, -0.2) is 8.42 Å². The van der Waals surface area contributed by atoms with Gasteiger partial charge in [0.2, 0.25) is 10.0 Å². The second-order valence-corrected chi connectivity index (χ2v) is 10.4. The van der Waals surface area contributed by atoms with Crippen molar-refractivity contribution in [2.75, 3.05) is 49.6 Å². The topological polar surface area (TPSA) is 73.0 Å². The van der Waals surface area contributed by atoms with Crippen LogP contribution in [0, 0.1) is 0 Å². The van der Waals surface area contributed by atoms with E-state index in [1.807, 2.05) is 51.2 Å². The van der Waals surface area contributed by atoms with Crippen LogP contribution in [0.1, 0.15) is 44.0 Å². The summed E-state index contributed by atoms with van der Waals surface area (Å²) in [5.41, 5.74) is 2.29. The first kappa shape index (κ1) is 25.1. The minimum atomic E-state index is -3.65. The molecule has 0 bridgehead atoms. The van der Waals surface area contributed by atoms with Gasteiger partial charge in [0.1, 0.15) is 0 Å². The summed E-state index contributed by atoms with van der Waals surface area (Å²) in [5.74, 6) is -0.248. The van der Waals surface area contributed by atoms with Crippen molar-refractivity contribution in [3.05, 3.63) is 54.1 Å². The third-order valence-electron chi connectivity index (χ3n) is 6.39. The zero-order chi connectivity index (χ0) is 24.0. The summed E-state index contributed by atoms with van der Waals surface area (Å²) in [7, 11) is -1.65. The lowest BCUT2D eigenvalue weighted by molar-refractivity contribution is 0.0952. The molecule has 1 fully saturated rings. The summed E-state index contributed by atoms with van der Waals surface area (Å²) in [6, 6.07) is 15.0. The average Bonchev–Trinajstić information content (AvgIpc) is 3.37. The molecular weight excluding hydrogens is 436 g/mol. The molecular formula is C25H36N4O3S. The number of nitrogens with zero attached hydrogens (tertiary/aromatic N) is 3. The fourth-order valence-electron chi connectivity index (χ4n) is 4.19. The maximum absolute atomic E-state index is 13.3. The molecule has 2 aromatic rings. The van der Waals surface area contributed by atoms with E-state index in [4.69, 9.17) is 0 Å². The molecule has 7 nitrogen and oxygen atoms in total. The predicted octanol–water partition coefficient (Wildman–Crippen LogP) is 3.57. The lowest BCUT2D eigenvalue weighted by atomic mass is 10.1. The molecule has 0 radical (unpaired) electrons. The average molecular weight is 473 g/mol. The minimum absolute atomic E-state index is 0.0641. The molecule has 1 heterocycles. The van der Waals surface area contributed by atoms with Crippen molar-refractivity contribution >= 4 is 27.3 Å². The van der Waals surface area contributed by atoms with Crippen LogP contribution >= 0.6 is 0 Å². The van der Waals surface area contributed by atoms with Crippen molar-refractivity contribution in [2.24, 2.45) is 0 Å². The number of carbonyl (C=O) groups excluding carboxylic acids is 1. The van der Waals surface area contributed by atoms with E-state index in [9.17, 15) is 13.2 Å². The maximum atomic E-state index is 13.3. The zero-order valence-corrected chi connectivity index (χ0v) is 20.9. The van der Waals surface area contributed by atoms with Gasteiger partial charge in [0.05, 0.1) is 10.5 Å². The number of sulfonamides is 1. The second kappa shape index (κ2) is 11.0. The van der Waals surface area contributed by atoms with Gasteiger partial charge in [0.25, 0.3) is 5.91 Å². The highest BCUT2D eigenvalue weighted by molar-refractivity contribution is 7.89. The van der Waals surface area contributed by atoms with Crippen LogP contribution in [0.2, 0.25) is 0 Å². The van der Waals surface area contributed by atoms with Crippen LogP contribution in [0.3, 0.4) is 0 Å². The Hall–Kier alpha value is -2.58. The number of hydrogen-bond donors (Lipinski definition) is 1. The minimum Gasteiger partial charge on any atom is -0.371 e. The van der Waals surface area contributed by atoms with E-state index in [2.05, 4.69) is 22.0 Å². The highest BCUT2D eigenvalue weighted by atomic mass is 32.2. The summed E-state index contributed by atoms with van der Waals surface area (Å²) in [6.07, 6.45) is 2.14. The normalized spacial score (nSPS) is 15.0. The summed E-state index contributed by atoms with van der Waals surface area (Å²) in [6.45, 7) is 8.64. The maximum Gasteiger partial charge on any atom is 0.253 e. The summed E-state index contributed by atoms with van der Waals surface area (Å²) >= 11 is 0. The molecule has 2 aromatic carbocycles. The Morgan fingerprint density at radius 2 is 1.70 bits per heavy atom. The Labute approximate surface area is 198 Å². The van der Waals surface area contributed by atoms with E-state index in [0.717, 1.165) is 37.3 Å². The van der Waals surface area contributed by atoms with Crippen LogP contribution in [-0.4, -0.2) is 64.4 Å². The number of rotatable bonds is 10. The first-order chi connectivity index (χ1) is 15.8. The van der Waals surface area contributed by atoms with Gasteiger partial charge < -0.3 is 15.1 Å². The number of hydrogen-bond acceptors (Lipinski definition) is 5. The Bertz CT molecular complexity index is 1030. The molecule has 33 heavy (non-hydrogen) atoms. The molecule has 0 saturated carbocycles. The first-order valence-corrected chi connectivity index (χ1v) is 13.2. The second-order valence-electron chi connectivity index (χ2n) is 8.47. The lowest BCUT2D eigenvalue weighted by Gasteiger charge is -2.28. The van der Waals surface area contributed by atoms with Gasteiger partial charge in [0, 0.05) is 57.2 Å². The van der Waals surface area contributed by atoms with Crippen LogP contribution < -0.4 is 15.1 Å². The fourth-order valence-corrected chi connectivity index (χ4v) is 5.68. The van der Waals surface area contributed by atoms with Crippen LogP contribution in [0.5, 0.6) is 0 Å². The molecule has 180 valence electrons. The first-order valence-electron chi connectivity index (χ1n) is 11.7. The summed E-state index contributed by atoms with van der Waals surface area (Å²) < 4.78 is 27.6. The van der Waals surface area contributed by atoms with Crippen molar-refractivity contribution in [1.29, 1.82) is 0 Å². The van der Waals surface area contributed by atoms with Crippen molar-refractivity contribution in [2.45, 2.75) is 44.6 Å². The van der Waals surface area contributed by atoms with Crippen molar-refractivity contribution < 1.29 is 13.2 Å². The number of anilines is 2. The highest BCUT2D eigenvalue weighted by Gasteiger charge is 2.26. The molecule has 1 atom stereocenters. The number of nitrogens with one attached hydrogen (secondary N) is 1. The van der Waals surface area contributed by atoms with E-state index in [-0.39, 0.29) is 16.8 Å². The Balaban J connectivity index is 1.84. The van der Waals surface area contributed by atoms with Gasteiger partial charge in [-0.15, -0.1) is 0 Å². The zero-order valence-electron chi connectivity index (χ0n) is 20.1. The number of carbonyl (C=O) groups is 1. The standard InChI is InChI=1S/C25H36N4O3S/c1-5-29(6-2)33(31,32)22-14-15-24(28-16-10-11-17-28)23(18-22)25(30)26-19-20(3)27(4)21-12-8-7-9-13-21/h7-9,12-15,18,20H,5-6,10-11,16-17,19H2,1-4H3,(H,26,30).